The Hall–Kier alpha value is -0.990. The molecule has 8 heavy (non-hydrogen) atoms. The Balaban J connectivity index is 3.45. The minimum Gasteiger partial charge on any atom is -0.481 e. The zero-order valence-electron chi connectivity index (χ0n) is 4.72. The summed E-state index contributed by atoms with van der Waals surface area (Å²) in [5, 5.41) is 8.06. The molecule has 0 saturated carbocycles. The average molecular weight is 115 g/mol. The largest absolute Gasteiger partial charge is 0.481 e. The van der Waals surface area contributed by atoms with Gasteiger partial charge in [0.25, 0.3) is 0 Å². The number of carboxylic acids is 1. The van der Waals surface area contributed by atoms with E-state index in [9.17, 15) is 4.79 Å². The summed E-state index contributed by atoms with van der Waals surface area (Å²) in [7, 11) is 0. The van der Waals surface area contributed by atoms with Gasteiger partial charge in [-0.25, -0.2) is 0 Å². The monoisotopic (exact) mass is 115 g/mol. The first-order valence-electron chi connectivity index (χ1n) is 2.27. The van der Waals surface area contributed by atoms with E-state index in [1.807, 2.05) is 0 Å². The minimum absolute atomic E-state index is 0.0162. The van der Waals surface area contributed by atoms with E-state index in [1.54, 1.807) is 6.92 Å². The van der Waals surface area contributed by atoms with Crippen LogP contribution in [-0.4, -0.2) is 11.1 Å². The summed E-state index contributed by atoms with van der Waals surface area (Å²) in [4.78, 5) is 9.80. The summed E-state index contributed by atoms with van der Waals surface area (Å²) in [5.74, 6) is -0.852. The number of hydrogen-bond acceptors (Lipinski definition) is 2. The van der Waals surface area contributed by atoms with E-state index in [4.69, 9.17) is 10.8 Å². The van der Waals surface area contributed by atoms with Crippen molar-refractivity contribution in [2.45, 2.75) is 13.3 Å². The number of carbonyl (C=O) groups is 1. The number of carboxylic acid groups (broad SMARTS) is 1. The molecule has 3 nitrogen and oxygen atoms in total. The van der Waals surface area contributed by atoms with Gasteiger partial charge in [0, 0.05) is 5.70 Å². The molecular formula is C5H9NO2. The maximum absolute atomic E-state index is 9.80. The van der Waals surface area contributed by atoms with Crippen molar-refractivity contribution in [2.24, 2.45) is 5.73 Å². The van der Waals surface area contributed by atoms with Gasteiger partial charge in [0.15, 0.2) is 0 Å². The van der Waals surface area contributed by atoms with Crippen LogP contribution >= 0.6 is 0 Å². The van der Waals surface area contributed by atoms with Crippen LogP contribution in [0.2, 0.25) is 0 Å². The Morgan fingerprint density at radius 2 is 2.38 bits per heavy atom. The number of nitrogens with two attached hydrogens (primary N) is 1. The Kier molecular flexibility index (Phi) is 2.69. The Labute approximate surface area is 47.8 Å². The maximum Gasteiger partial charge on any atom is 0.307 e. The average Bonchev–Trinajstić information content (AvgIpc) is 1.61. The zero-order valence-corrected chi connectivity index (χ0v) is 4.72. The first kappa shape index (κ1) is 7.01. The highest BCUT2D eigenvalue weighted by atomic mass is 16.4. The standard InChI is InChI=1S/C5H9NO2/c1-4(6)2-3-5(7)8/h2H,3,6H2,1H3,(H,7,8)/b4-2+. The fourth-order valence-electron chi connectivity index (χ4n) is 0.248. The van der Waals surface area contributed by atoms with Crippen molar-refractivity contribution in [1.29, 1.82) is 0 Å². The van der Waals surface area contributed by atoms with Gasteiger partial charge in [0.05, 0.1) is 6.42 Å². The fourth-order valence-corrected chi connectivity index (χ4v) is 0.248. The van der Waals surface area contributed by atoms with Crippen LogP contribution in [0.4, 0.5) is 0 Å². The third kappa shape index (κ3) is 5.01. The van der Waals surface area contributed by atoms with Crippen LogP contribution in [0.5, 0.6) is 0 Å². The van der Waals surface area contributed by atoms with Crippen LogP contribution in [-0.2, 0) is 4.79 Å². The van der Waals surface area contributed by atoms with E-state index in [0.29, 0.717) is 5.70 Å². The summed E-state index contributed by atoms with van der Waals surface area (Å²) in [5.41, 5.74) is 5.69. The third-order valence-corrected chi connectivity index (χ3v) is 0.599. The second-order valence-electron chi connectivity index (χ2n) is 1.55. The van der Waals surface area contributed by atoms with Gasteiger partial charge >= 0.3 is 5.97 Å². The van der Waals surface area contributed by atoms with E-state index in [-0.39, 0.29) is 6.42 Å². The molecule has 0 unspecified atom stereocenters. The summed E-state index contributed by atoms with van der Waals surface area (Å²) in [6.07, 6.45) is 1.48. The van der Waals surface area contributed by atoms with Gasteiger partial charge in [-0.05, 0) is 6.92 Å². The molecule has 0 aromatic heterocycles. The van der Waals surface area contributed by atoms with Gasteiger partial charge in [-0.2, -0.15) is 0 Å². The van der Waals surface area contributed by atoms with Crippen LogP contribution in [0.15, 0.2) is 11.8 Å². The van der Waals surface area contributed by atoms with Crippen molar-refractivity contribution >= 4 is 5.97 Å². The summed E-state index contributed by atoms with van der Waals surface area (Å²) >= 11 is 0. The van der Waals surface area contributed by atoms with Crippen LogP contribution < -0.4 is 5.73 Å². The van der Waals surface area contributed by atoms with Crippen LogP contribution in [0.1, 0.15) is 13.3 Å². The lowest BCUT2D eigenvalue weighted by atomic mass is 10.3. The van der Waals surface area contributed by atoms with Crippen molar-refractivity contribution in [1.82, 2.24) is 0 Å². The minimum atomic E-state index is -0.852. The van der Waals surface area contributed by atoms with Gasteiger partial charge in [0.1, 0.15) is 0 Å². The Morgan fingerprint density at radius 1 is 1.88 bits per heavy atom. The smallest absolute Gasteiger partial charge is 0.307 e. The molecule has 0 rings (SSSR count). The van der Waals surface area contributed by atoms with Crippen LogP contribution in [0.3, 0.4) is 0 Å². The lowest BCUT2D eigenvalue weighted by molar-refractivity contribution is -0.136. The first-order chi connectivity index (χ1) is 3.63. The van der Waals surface area contributed by atoms with Gasteiger partial charge in [-0.15, -0.1) is 0 Å². The maximum atomic E-state index is 9.80. The predicted molar refractivity (Wildman–Crippen MR) is 30.2 cm³/mol. The molecule has 0 atom stereocenters. The van der Waals surface area contributed by atoms with Gasteiger partial charge in [0.2, 0.25) is 0 Å². The molecule has 3 N–H and O–H groups in total. The SMILES string of the molecule is C/C(N)=C\CC(=O)O. The molecule has 0 aliphatic carbocycles. The molecule has 46 valence electrons. The van der Waals surface area contributed by atoms with E-state index in [2.05, 4.69) is 0 Å². The van der Waals surface area contributed by atoms with Crippen LogP contribution in [0, 0.1) is 0 Å². The highest BCUT2D eigenvalue weighted by Crippen LogP contribution is 1.85. The number of hydrogen-bond donors (Lipinski definition) is 2. The molecule has 0 aromatic carbocycles. The van der Waals surface area contributed by atoms with Crippen molar-refractivity contribution in [2.75, 3.05) is 0 Å². The highest BCUT2D eigenvalue weighted by Gasteiger charge is 1.88. The van der Waals surface area contributed by atoms with Gasteiger partial charge in [-0.1, -0.05) is 6.08 Å². The second kappa shape index (κ2) is 3.07. The van der Waals surface area contributed by atoms with Crippen molar-refractivity contribution in [3.63, 3.8) is 0 Å². The molecule has 0 radical (unpaired) electrons. The number of aliphatic carboxylic acids is 1. The van der Waals surface area contributed by atoms with Gasteiger partial charge in [-0.3, -0.25) is 4.79 Å². The molecule has 0 aromatic rings. The van der Waals surface area contributed by atoms with E-state index in [1.165, 1.54) is 6.08 Å². The molecule has 0 bridgehead atoms. The topological polar surface area (TPSA) is 63.3 Å². The molecule has 0 heterocycles. The Morgan fingerprint density at radius 3 is 2.50 bits per heavy atom. The molecule has 0 aliphatic rings. The van der Waals surface area contributed by atoms with Gasteiger partial charge < -0.3 is 10.8 Å². The van der Waals surface area contributed by atoms with Crippen molar-refractivity contribution < 1.29 is 9.90 Å². The first-order valence-corrected chi connectivity index (χ1v) is 2.27. The number of rotatable bonds is 2. The quantitative estimate of drug-likeness (QED) is 0.544. The molecule has 3 heteroatoms. The molecule has 0 aliphatic heterocycles. The molecule has 0 fully saturated rings. The normalized spacial score (nSPS) is 11.4. The van der Waals surface area contributed by atoms with Crippen LogP contribution in [0.25, 0.3) is 0 Å². The predicted octanol–water partition coefficient (Wildman–Crippen LogP) is 0.324. The lowest BCUT2D eigenvalue weighted by Gasteiger charge is -1.85. The third-order valence-electron chi connectivity index (χ3n) is 0.599. The fraction of sp³-hybridized carbons (Fsp3) is 0.400. The number of allylic oxidation sites excluding steroid dienone is 1. The lowest BCUT2D eigenvalue weighted by Crippen LogP contribution is -1.95. The molecule has 0 spiro atoms. The van der Waals surface area contributed by atoms with Crippen molar-refractivity contribution in [3.8, 4) is 0 Å². The Bertz CT molecular complexity index is 114. The second-order valence-corrected chi connectivity index (χ2v) is 1.55. The van der Waals surface area contributed by atoms with E-state index < -0.39 is 5.97 Å². The summed E-state index contributed by atoms with van der Waals surface area (Å²) in [6, 6.07) is 0. The summed E-state index contributed by atoms with van der Waals surface area (Å²) < 4.78 is 0. The molecule has 0 saturated heterocycles. The zero-order chi connectivity index (χ0) is 6.57. The van der Waals surface area contributed by atoms with Crippen molar-refractivity contribution in [3.05, 3.63) is 11.8 Å². The highest BCUT2D eigenvalue weighted by molar-refractivity contribution is 5.68. The molecular weight excluding hydrogens is 106 g/mol. The summed E-state index contributed by atoms with van der Waals surface area (Å²) in [6.45, 7) is 1.66. The molecule has 0 amide bonds. The van der Waals surface area contributed by atoms with E-state index in [0.717, 1.165) is 0 Å². The van der Waals surface area contributed by atoms with E-state index >= 15 is 0 Å².